The molecule has 22 heavy (non-hydrogen) atoms. The van der Waals surface area contributed by atoms with Gasteiger partial charge in [0.1, 0.15) is 6.10 Å². The molecule has 1 spiro atoms. The quantitative estimate of drug-likeness (QED) is 0.640. The molecule has 0 aromatic heterocycles. The SMILES string of the molecule is COc1cc(N)c2c3c1O[C@@H]1CC(C)C=C[C@]31CCN(C)C2. The van der Waals surface area contributed by atoms with Gasteiger partial charge in [0.15, 0.2) is 11.5 Å². The molecule has 2 N–H and O–H groups in total. The van der Waals surface area contributed by atoms with Crippen LogP contribution in [0.1, 0.15) is 30.9 Å². The lowest BCUT2D eigenvalue weighted by Gasteiger charge is -2.36. The van der Waals surface area contributed by atoms with Gasteiger partial charge in [0, 0.05) is 23.9 Å². The first-order valence-corrected chi connectivity index (χ1v) is 8.09. The Morgan fingerprint density at radius 2 is 2.27 bits per heavy atom. The van der Waals surface area contributed by atoms with Crippen molar-refractivity contribution < 1.29 is 9.47 Å². The predicted octanol–water partition coefficient (Wildman–Crippen LogP) is 2.71. The van der Waals surface area contributed by atoms with Gasteiger partial charge in [-0.2, -0.15) is 0 Å². The van der Waals surface area contributed by atoms with E-state index in [4.69, 9.17) is 15.2 Å². The van der Waals surface area contributed by atoms with Crippen LogP contribution in [0, 0.1) is 5.92 Å². The van der Waals surface area contributed by atoms with Crippen LogP contribution in [0.15, 0.2) is 18.2 Å². The molecule has 4 heteroatoms. The lowest BCUT2D eigenvalue weighted by molar-refractivity contribution is 0.127. The maximum Gasteiger partial charge on any atom is 0.166 e. The Morgan fingerprint density at radius 1 is 1.45 bits per heavy atom. The Bertz CT molecular complexity index is 655. The Balaban J connectivity index is 2.00. The van der Waals surface area contributed by atoms with E-state index < -0.39 is 0 Å². The van der Waals surface area contributed by atoms with Crippen molar-refractivity contribution in [2.75, 3.05) is 26.4 Å². The minimum atomic E-state index is -0.0371. The van der Waals surface area contributed by atoms with E-state index in [2.05, 4.69) is 31.0 Å². The van der Waals surface area contributed by atoms with Crippen LogP contribution >= 0.6 is 0 Å². The molecule has 4 rings (SSSR count). The number of nitrogens with zero attached hydrogens (tertiary/aromatic N) is 1. The van der Waals surface area contributed by atoms with Gasteiger partial charge in [0.2, 0.25) is 0 Å². The van der Waals surface area contributed by atoms with E-state index in [0.717, 1.165) is 43.1 Å². The monoisotopic (exact) mass is 300 g/mol. The van der Waals surface area contributed by atoms with Gasteiger partial charge in [0.25, 0.3) is 0 Å². The first-order chi connectivity index (χ1) is 10.5. The first kappa shape index (κ1) is 13.9. The highest BCUT2D eigenvalue weighted by molar-refractivity contribution is 5.69. The van der Waals surface area contributed by atoms with Gasteiger partial charge in [-0.05, 0) is 37.9 Å². The number of nitrogens with two attached hydrogens (primary N) is 1. The van der Waals surface area contributed by atoms with Crippen LogP contribution < -0.4 is 15.2 Å². The molecule has 3 aliphatic rings. The molecule has 0 bridgehead atoms. The average molecular weight is 300 g/mol. The third-order valence-electron chi connectivity index (χ3n) is 5.55. The summed E-state index contributed by atoms with van der Waals surface area (Å²) in [5.41, 5.74) is 9.65. The van der Waals surface area contributed by atoms with E-state index in [1.807, 2.05) is 6.07 Å². The highest BCUT2D eigenvalue weighted by atomic mass is 16.5. The van der Waals surface area contributed by atoms with Gasteiger partial charge in [-0.1, -0.05) is 19.1 Å². The molecule has 0 saturated heterocycles. The Morgan fingerprint density at radius 3 is 3.05 bits per heavy atom. The number of benzene rings is 1. The summed E-state index contributed by atoms with van der Waals surface area (Å²) in [6.07, 6.45) is 7.06. The van der Waals surface area contributed by atoms with E-state index in [-0.39, 0.29) is 11.5 Å². The van der Waals surface area contributed by atoms with E-state index in [0.29, 0.717) is 5.92 Å². The summed E-state index contributed by atoms with van der Waals surface area (Å²) < 4.78 is 12.0. The lowest BCUT2D eigenvalue weighted by atomic mass is 9.67. The van der Waals surface area contributed by atoms with Crippen molar-refractivity contribution in [1.82, 2.24) is 4.90 Å². The van der Waals surface area contributed by atoms with Crippen molar-refractivity contribution in [3.05, 3.63) is 29.3 Å². The molecule has 3 atom stereocenters. The molecule has 1 aromatic rings. The smallest absolute Gasteiger partial charge is 0.166 e. The topological polar surface area (TPSA) is 47.7 Å². The second kappa shape index (κ2) is 4.66. The molecule has 2 heterocycles. The summed E-state index contributed by atoms with van der Waals surface area (Å²) in [7, 11) is 3.86. The molecule has 4 nitrogen and oxygen atoms in total. The van der Waals surface area contributed by atoms with Gasteiger partial charge < -0.3 is 20.1 Å². The average Bonchev–Trinajstić information content (AvgIpc) is 2.74. The summed E-state index contributed by atoms with van der Waals surface area (Å²) >= 11 is 0. The number of ether oxygens (including phenoxy) is 2. The molecular weight excluding hydrogens is 276 g/mol. The third kappa shape index (κ3) is 1.73. The number of methoxy groups -OCH3 is 1. The number of anilines is 1. The van der Waals surface area contributed by atoms with Crippen molar-refractivity contribution in [2.24, 2.45) is 5.92 Å². The first-order valence-electron chi connectivity index (χ1n) is 8.09. The highest BCUT2D eigenvalue weighted by Crippen LogP contribution is 2.57. The highest BCUT2D eigenvalue weighted by Gasteiger charge is 2.52. The molecule has 2 aliphatic heterocycles. The summed E-state index contributed by atoms with van der Waals surface area (Å²) in [4.78, 5) is 2.36. The molecule has 1 aliphatic carbocycles. The number of nitrogen functional groups attached to an aromatic ring is 1. The van der Waals surface area contributed by atoms with Gasteiger partial charge in [-0.25, -0.2) is 0 Å². The fourth-order valence-electron chi connectivity index (χ4n) is 4.33. The third-order valence-corrected chi connectivity index (χ3v) is 5.55. The van der Waals surface area contributed by atoms with Gasteiger partial charge in [0.05, 0.1) is 12.5 Å². The number of hydrogen-bond donors (Lipinski definition) is 1. The predicted molar refractivity (Wildman–Crippen MR) is 87.4 cm³/mol. The second-order valence-electron chi connectivity index (χ2n) is 7.06. The molecule has 1 unspecified atom stereocenters. The summed E-state index contributed by atoms with van der Waals surface area (Å²) in [6, 6.07) is 1.92. The molecule has 0 fully saturated rings. The summed E-state index contributed by atoms with van der Waals surface area (Å²) in [5.74, 6) is 2.25. The van der Waals surface area contributed by atoms with Crippen molar-refractivity contribution in [2.45, 2.75) is 37.8 Å². The largest absolute Gasteiger partial charge is 0.493 e. The molecule has 0 amide bonds. The number of allylic oxidation sites excluding steroid dienone is 1. The van der Waals surface area contributed by atoms with Crippen LogP contribution in [0.5, 0.6) is 11.5 Å². The van der Waals surface area contributed by atoms with Gasteiger partial charge >= 0.3 is 0 Å². The molecule has 0 saturated carbocycles. The standard InChI is InChI=1S/C18H24N2O2/c1-11-4-5-18-6-7-20(2)10-12-13(19)9-14(21-3)17(16(12)18)22-15(18)8-11/h4-5,9,11,15H,6-8,10,19H2,1-3H3/t11?,15-,18-/m1/s1. The maximum absolute atomic E-state index is 6.41. The van der Waals surface area contributed by atoms with Crippen molar-refractivity contribution in [1.29, 1.82) is 0 Å². The van der Waals surface area contributed by atoms with Crippen molar-refractivity contribution in [3.63, 3.8) is 0 Å². The van der Waals surface area contributed by atoms with Crippen LogP contribution in [0.3, 0.4) is 0 Å². The van der Waals surface area contributed by atoms with Crippen molar-refractivity contribution in [3.8, 4) is 11.5 Å². The van der Waals surface area contributed by atoms with Crippen LogP contribution in [-0.2, 0) is 12.0 Å². The lowest BCUT2D eigenvalue weighted by Crippen LogP contribution is -2.41. The van der Waals surface area contributed by atoms with E-state index >= 15 is 0 Å². The van der Waals surface area contributed by atoms with Crippen LogP contribution in [0.25, 0.3) is 0 Å². The zero-order valence-electron chi connectivity index (χ0n) is 13.6. The van der Waals surface area contributed by atoms with Gasteiger partial charge in [-0.15, -0.1) is 0 Å². The summed E-state index contributed by atoms with van der Waals surface area (Å²) in [5, 5.41) is 0. The minimum absolute atomic E-state index is 0.0371. The fourth-order valence-corrected chi connectivity index (χ4v) is 4.33. The zero-order valence-corrected chi connectivity index (χ0v) is 13.6. The maximum atomic E-state index is 6.41. The minimum Gasteiger partial charge on any atom is -0.493 e. The number of hydrogen-bond acceptors (Lipinski definition) is 4. The molecular formula is C18H24N2O2. The Kier molecular flexibility index (Phi) is 2.95. The second-order valence-corrected chi connectivity index (χ2v) is 7.06. The van der Waals surface area contributed by atoms with Crippen molar-refractivity contribution >= 4 is 5.69 Å². The van der Waals surface area contributed by atoms with E-state index in [1.165, 1.54) is 11.1 Å². The van der Waals surface area contributed by atoms with Gasteiger partial charge in [-0.3, -0.25) is 0 Å². The molecule has 118 valence electrons. The normalized spacial score (nSPS) is 32.9. The molecule has 1 aromatic carbocycles. The summed E-state index contributed by atoms with van der Waals surface area (Å²) in [6.45, 7) is 4.18. The molecule has 0 radical (unpaired) electrons. The Hall–Kier alpha value is -1.68. The van der Waals surface area contributed by atoms with Crippen LogP contribution in [0.2, 0.25) is 0 Å². The van der Waals surface area contributed by atoms with Crippen LogP contribution in [0.4, 0.5) is 5.69 Å². The Labute approximate surface area is 131 Å². The zero-order chi connectivity index (χ0) is 15.5. The van der Waals surface area contributed by atoms with E-state index in [1.54, 1.807) is 7.11 Å². The van der Waals surface area contributed by atoms with E-state index in [9.17, 15) is 0 Å². The fraction of sp³-hybridized carbons (Fsp3) is 0.556. The number of rotatable bonds is 1. The van der Waals surface area contributed by atoms with Crippen LogP contribution in [-0.4, -0.2) is 31.7 Å².